The topological polar surface area (TPSA) is 56.7 Å². The third-order valence-corrected chi connectivity index (χ3v) is 10.7. The monoisotopic (exact) mass is 716 g/mol. The Labute approximate surface area is 322 Å². The van der Waals surface area contributed by atoms with Crippen molar-refractivity contribution in [1.82, 2.24) is 19.5 Å². The molecule has 11 rings (SSSR count). The van der Waals surface area contributed by atoms with E-state index in [1.807, 2.05) is 48.5 Å². The fourth-order valence-electron chi connectivity index (χ4n) is 8.01. The van der Waals surface area contributed by atoms with Gasteiger partial charge in [-0.15, -0.1) is 0 Å². The summed E-state index contributed by atoms with van der Waals surface area (Å²) in [5.41, 5.74) is 12.4. The van der Waals surface area contributed by atoms with Crippen LogP contribution in [-0.4, -0.2) is 19.5 Å². The molecule has 0 spiro atoms. The number of aromatic nitrogens is 4. The van der Waals surface area contributed by atoms with Crippen molar-refractivity contribution in [3.8, 4) is 62.1 Å². The largest absolute Gasteiger partial charge is 0.456 e. The minimum Gasteiger partial charge on any atom is -0.456 e. The van der Waals surface area contributed by atoms with Crippen molar-refractivity contribution in [1.29, 1.82) is 0 Å². The predicted octanol–water partition coefficient (Wildman–Crippen LogP) is 13.2. The van der Waals surface area contributed by atoms with E-state index in [0.29, 0.717) is 17.5 Å². The van der Waals surface area contributed by atoms with Crippen LogP contribution in [-0.2, 0) is 0 Å². The quantitative estimate of drug-likeness (QED) is 0.172. The Balaban J connectivity index is 1.04. The van der Waals surface area contributed by atoms with Gasteiger partial charge in [-0.1, -0.05) is 140 Å². The van der Waals surface area contributed by atoms with E-state index in [9.17, 15) is 0 Å². The first-order chi connectivity index (χ1) is 27.7. The molecule has 0 aliphatic carbocycles. The molecule has 0 fully saturated rings. The highest BCUT2D eigenvalue weighted by molar-refractivity contribution is 6.14. The molecule has 0 N–H and O–H groups in total. The average molecular weight is 717 g/mol. The van der Waals surface area contributed by atoms with Crippen LogP contribution in [0.3, 0.4) is 0 Å². The lowest BCUT2D eigenvalue weighted by atomic mass is 9.98. The molecule has 0 saturated heterocycles. The predicted molar refractivity (Wildman–Crippen MR) is 229 cm³/mol. The molecule has 0 saturated carbocycles. The molecule has 56 heavy (non-hydrogen) atoms. The van der Waals surface area contributed by atoms with Crippen molar-refractivity contribution < 1.29 is 4.42 Å². The Hall–Kier alpha value is -7.63. The Morgan fingerprint density at radius 1 is 0.339 bits per heavy atom. The van der Waals surface area contributed by atoms with Crippen LogP contribution in [0.15, 0.2) is 199 Å². The molecule has 3 aromatic heterocycles. The van der Waals surface area contributed by atoms with Crippen LogP contribution in [0.1, 0.15) is 0 Å². The van der Waals surface area contributed by atoms with Gasteiger partial charge in [0.2, 0.25) is 0 Å². The lowest BCUT2D eigenvalue weighted by molar-refractivity contribution is 0.669. The van der Waals surface area contributed by atoms with Crippen LogP contribution in [0.4, 0.5) is 0 Å². The van der Waals surface area contributed by atoms with Gasteiger partial charge in [0, 0.05) is 43.9 Å². The molecule has 0 unspecified atom stereocenters. The highest BCUT2D eigenvalue weighted by Crippen LogP contribution is 2.40. The molecule has 11 aromatic rings. The van der Waals surface area contributed by atoms with Crippen LogP contribution >= 0.6 is 0 Å². The summed E-state index contributed by atoms with van der Waals surface area (Å²) in [6.45, 7) is 0. The number of hydrogen-bond acceptors (Lipinski definition) is 4. The molecular weight excluding hydrogens is 685 g/mol. The number of furan rings is 1. The zero-order valence-electron chi connectivity index (χ0n) is 30.2. The number of fused-ring (bicyclic) bond motifs is 6. The molecule has 0 atom stereocenters. The molecule has 0 radical (unpaired) electrons. The smallest absolute Gasteiger partial charge is 0.164 e. The van der Waals surface area contributed by atoms with Gasteiger partial charge >= 0.3 is 0 Å². The molecular formula is C51H32N4O. The third-order valence-electron chi connectivity index (χ3n) is 10.7. The maximum Gasteiger partial charge on any atom is 0.164 e. The number of benzene rings is 8. The van der Waals surface area contributed by atoms with Gasteiger partial charge in [-0.25, -0.2) is 15.0 Å². The van der Waals surface area contributed by atoms with Crippen LogP contribution in [0, 0.1) is 0 Å². The van der Waals surface area contributed by atoms with Crippen LogP contribution < -0.4 is 0 Å². The van der Waals surface area contributed by atoms with E-state index in [1.165, 1.54) is 10.8 Å². The second-order valence-corrected chi connectivity index (χ2v) is 14.0. The van der Waals surface area contributed by atoms with Crippen molar-refractivity contribution >= 4 is 43.7 Å². The van der Waals surface area contributed by atoms with Crippen molar-refractivity contribution in [2.24, 2.45) is 0 Å². The van der Waals surface area contributed by atoms with Crippen molar-refractivity contribution in [2.45, 2.75) is 0 Å². The molecule has 3 heterocycles. The van der Waals surface area contributed by atoms with Gasteiger partial charge in [-0.3, -0.25) is 0 Å². The van der Waals surface area contributed by atoms with E-state index in [1.54, 1.807) is 0 Å². The molecule has 5 heteroatoms. The van der Waals surface area contributed by atoms with Gasteiger partial charge in [-0.2, -0.15) is 0 Å². The summed E-state index contributed by atoms with van der Waals surface area (Å²) in [5, 5.41) is 4.66. The molecule has 0 bridgehead atoms. The van der Waals surface area contributed by atoms with E-state index in [4.69, 9.17) is 19.4 Å². The molecule has 0 aliphatic heterocycles. The zero-order chi connectivity index (χ0) is 37.0. The number of rotatable bonds is 6. The Bertz CT molecular complexity index is 3240. The Morgan fingerprint density at radius 3 is 1.68 bits per heavy atom. The summed E-state index contributed by atoms with van der Waals surface area (Å²) in [5.74, 6) is 1.89. The molecule has 8 aromatic carbocycles. The fraction of sp³-hybridized carbons (Fsp3) is 0. The van der Waals surface area contributed by atoms with E-state index in [2.05, 4.69) is 150 Å². The molecule has 0 amide bonds. The number of hydrogen-bond donors (Lipinski definition) is 0. The highest BCUT2D eigenvalue weighted by Gasteiger charge is 2.18. The SMILES string of the molecule is c1ccc(-c2cccc(-c3nc(-c4ccccc4)nc(-c4ccc(-n5c6ccccc6c6ccc(-c7cccc8oc9ccccc9c78)cc65)cc4)n3)c2)cc1. The summed E-state index contributed by atoms with van der Waals surface area (Å²) in [7, 11) is 0. The summed E-state index contributed by atoms with van der Waals surface area (Å²) in [4.78, 5) is 15.1. The van der Waals surface area contributed by atoms with Crippen molar-refractivity contribution in [3.63, 3.8) is 0 Å². The second kappa shape index (κ2) is 13.0. The summed E-state index contributed by atoms with van der Waals surface area (Å²) in [6.07, 6.45) is 0. The molecule has 5 nitrogen and oxygen atoms in total. The van der Waals surface area contributed by atoms with E-state index < -0.39 is 0 Å². The minimum absolute atomic E-state index is 0.621. The van der Waals surface area contributed by atoms with Gasteiger partial charge in [0.1, 0.15) is 11.2 Å². The number of para-hydroxylation sites is 2. The maximum atomic E-state index is 6.26. The van der Waals surface area contributed by atoms with Gasteiger partial charge < -0.3 is 8.98 Å². The average Bonchev–Trinajstić information content (AvgIpc) is 3.83. The van der Waals surface area contributed by atoms with Gasteiger partial charge in [-0.05, 0) is 76.9 Å². The van der Waals surface area contributed by atoms with Crippen molar-refractivity contribution in [2.75, 3.05) is 0 Å². The highest BCUT2D eigenvalue weighted by atomic mass is 16.3. The third kappa shape index (κ3) is 5.37. The van der Waals surface area contributed by atoms with Crippen LogP contribution in [0.2, 0.25) is 0 Å². The van der Waals surface area contributed by atoms with Crippen LogP contribution in [0.25, 0.3) is 106 Å². The zero-order valence-corrected chi connectivity index (χ0v) is 30.2. The minimum atomic E-state index is 0.621. The van der Waals surface area contributed by atoms with E-state index in [0.717, 1.165) is 77.6 Å². The molecule has 262 valence electrons. The summed E-state index contributed by atoms with van der Waals surface area (Å²) >= 11 is 0. The normalized spacial score (nSPS) is 11.6. The second-order valence-electron chi connectivity index (χ2n) is 14.0. The lowest BCUT2D eigenvalue weighted by Gasteiger charge is -2.12. The van der Waals surface area contributed by atoms with Gasteiger partial charge in [0.05, 0.1) is 11.0 Å². The summed E-state index contributed by atoms with van der Waals surface area (Å²) < 4.78 is 8.62. The van der Waals surface area contributed by atoms with Crippen LogP contribution in [0.5, 0.6) is 0 Å². The first-order valence-electron chi connectivity index (χ1n) is 18.8. The Kier molecular flexibility index (Phi) is 7.42. The first-order valence-corrected chi connectivity index (χ1v) is 18.8. The number of nitrogens with zero attached hydrogens (tertiary/aromatic N) is 4. The standard InChI is InChI=1S/C51H32N4O/c1-3-13-33(14-4-1)36-17-11-18-38(31-36)51-53-49(34-15-5-2-6-16-34)52-50(54-51)35-25-28-39(29-26-35)55-44-22-9-7-19-41(44)42-30-27-37(32-45(42)55)40-21-12-24-47-48(40)43-20-8-10-23-46(43)56-47/h1-32H. The van der Waals surface area contributed by atoms with Gasteiger partial charge in [0.15, 0.2) is 17.5 Å². The van der Waals surface area contributed by atoms with E-state index in [-0.39, 0.29) is 0 Å². The maximum absolute atomic E-state index is 6.26. The van der Waals surface area contributed by atoms with Crippen molar-refractivity contribution in [3.05, 3.63) is 194 Å². The first kappa shape index (κ1) is 31.9. The summed E-state index contributed by atoms with van der Waals surface area (Å²) in [6, 6.07) is 67.5. The van der Waals surface area contributed by atoms with Gasteiger partial charge in [0.25, 0.3) is 0 Å². The lowest BCUT2D eigenvalue weighted by Crippen LogP contribution is -2.00. The molecule has 0 aliphatic rings. The Morgan fingerprint density at radius 2 is 0.893 bits per heavy atom. The van der Waals surface area contributed by atoms with E-state index >= 15 is 0 Å². The fourth-order valence-corrected chi connectivity index (χ4v) is 8.01.